The lowest BCUT2D eigenvalue weighted by Gasteiger charge is -2.27. The van der Waals surface area contributed by atoms with E-state index in [1.165, 1.54) is 17.0 Å². The van der Waals surface area contributed by atoms with Gasteiger partial charge in [-0.25, -0.2) is 22.0 Å². The molecule has 0 unspecified atom stereocenters. The number of rotatable bonds is 7. The van der Waals surface area contributed by atoms with Crippen LogP contribution in [0.3, 0.4) is 0 Å². The third kappa shape index (κ3) is 4.74. The molecule has 0 saturated carbocycles. The number of carbonyl (C=O) groups is 2. The van der Waals surface area contributed by atoms with Crippen molar-refractivity contribution >= 4 is 27.6 Å². The van der Waals surface area contributed by atoms with Crippen LogP contribution >= 0.6 is 0 Å². The van der Waals surface area contributed by atoms with Crippen LogP contribution in [0, 0.1) is 17.6 Å². The number of carboxylic acids is 1. The maximum Gasteiger partial charge on any atom is 0.326 e. The number of aliphatic carboxylic acids is 1. The second-order valence-electron chi connectivity index (χ2n) is 8.59. The normalized spacial score (nSPS) is 14.2. The van der Waals surface area contributed by atoms with Gasteiger partial charge in [0, 0.05) is 23.9 Å². The van der Waals surface area contributed by atoms with Gasteiger partial charge in [-0.3, -0.25) is 9.52 Å². The van der Waals surface area contributed by atoms with Crippen molar-refractivity contribution in [2.45, 2.75) is 31.3 Å². The van der Waals surface area contributed by atoms with Gasteiger partial charge in [0.2, 0.25) is 0 Å². The van der Waals surface area contributed by atoms with E-state index >= 15 is 0 Å². The van der Waals surface area contributed by atoms with E-state index in [1.54, 1.807) is 44.2 Å². The predicted molar refractivity (Wildman–Crippen MR) is 125 cm³/mol. The lowest BCUT2D eigenvalue weighted by Crippen LogP contribution is -2.44. The minimum Gasteiger partial charge on any atom is -0.480 e. The highest BCUT2D eigenvalue weighted by molar-refractivity contribution is 7.92. The number of carbonyl (C=O) groups excluding carboxylic acids is 1. The molecule has 0 radical (unpaired) electrons. The Labute approximate surface area is 201 Å². The topological polar surface area (TPSA) is 104 Å². The van der Waals surface area contributed by atoms with Crippen molar-refractivity contribution in [1.29, 1.82) is 0 Å². The third-order valence-corrected chi connectivity index (χ3v) is 7.23. The van der Waals surface area contributed by atoms with Crippen molar-refractivity contribution in [3.05, 3.63) is 83.4 Å². The highest BCUT2D eigenvalue weighted by Gasteiger charge is 2.38. The van der Waals surface area contributed by atoms with Gasteiger partial charge in [0.15, 0.2) is 0 Å². The number of hydrogen-bond donors (Lipinski definition) is 2. The van der Waals surface area contributed by atoms with Crippen LogP contribution in [0.1, 0.15) is 29.8 Å². The van der Waals surface area contributed by atoms with Crippen LogP contribution in [0.4, 0.5) is 14.5 Å². The van der Waals surface area contributed by atoms with Crippen LogP contribution in [0.5, 0.6) is 0 Å². The first-order valence-electron chi connectivity index (χ1n) is 10.7. The summed E-state index contributed by atoms with van der Waals surface area (Å²) >= 11 is 0. The van der Waals surface area contributed by atoms with Gasteiger partial charge in [0.1, 0.15) is 22.6 Å². The van der Waals surface area contributed by atoms with Crippen molar-refractivity contribution in [1.82, 2.24) is 4.90 Å². The quantitative estimate of drug-likeness (QED) is 0.497. The zero-order chi connectivity index (χ0) is 25.5. The molecule has 3 aromatic carbocycles. The first-order chi connectivity index (χ1) is 16.5. The van der Waals surface area contributed by atoms with Crippen LogP contribution in [-0.4, -0.2) is 36.3 Å². The molecule has 1 aliphatic heterocycles. The number of anilines is 1. The van der Waals surface area contributed by atoms with Gasteiger partial charge in [0.25, 0.3) is 15.9 Å². The smallest absolute Gasteiger partial charge is 0.326 e. The minimum absolute atomic E-state index is 0.169. The van der Waals surface area contributed by atoms with Crippen molar-refractivity contribution in [2.24, 2.45) is 5.92 Å². The summed E-state index contributed by atoms with van der Waals surface area (Å²) in [5, 5.41) is 9.56. The SMILES string of the molecule is CC(C)[C@@H](C(=O)O)N1Cc2ccc(-c3ccc(NS(=O)(=O)c4ccc(F)cc4F)cc3)cc2C1=O. The summed E-state index contributed by atoms with van der Waals surface area (Å²) in [6.07, 6.45) is 0. The second kappa shape index (κ2) is 9.10. The monoisotopic (exact) mass is 500 g/mol. The number of fused-ring (bicyclic) bond motifs is 1. The molecule has 1 heterocycles. The van der Waals surface area contributed by atoms with Crippen molar-refractivity contribution < 1.29 is 31.9 Å². The third-order valence-electron chi connectivity index (χ3n) is 5.82. The first kappa shape index (κ1) is 24.3. The van der Waals surface area contributed by atoms with E-state index in [0.717, 1.165) is 17.7 Å². The van der Waals surface area contributed by atoms with Crippen molar-refractivity contribution in [3.8, 4) is 11.1 Å². The minimum atomic E-state index is -4.27. The number of nitrogens with zero attached hydrogens (tertiary/aromatic N) is 1. The number of carboxylic acid groups (broad SMARTS) is 1. The molecular weight excluding hydrogens is 478 g/mol. The molecule has 0 saturated heterocycles. The molecule has 0 fully saturated rings. The molecule has 35 heavy (non-hydrogen) atoms. The van der Waals surface area contributed by atoms with Gasteiger partial charge in [-0.15, -0.1) is 0 Å². The molecule has 1 atom stereocenters. The number of amides is 1. The summed E-state index contributed by atoms with van der Waals surface area (Å²) in [5.74, 6) is -3.75. The summed E-state index contributed by atoms with van der Waals surface area (Å²) in [7, 11) is -4.27. The zero-order valence-electron chi connectivity index (χ0n) is 18.8. The number of benzene rings is 3. The molecule has 7 nitrogen and oxygen atoms in total. The number of nitrogens with one attached hydrogen (secondary N) is 1. The molecule has 0 aliphatic carbocycles. The summed E-state index contributed by atoms with van der Waals surface area (Å²) in [4.78, 5) is 25.3. The molecule has 1 aliphatic rings. The fourth-order valence-corrected chi connectivity index (χ4v) is 5.26. The summed E-state index contributed by atoms with van der Waals surface area (Å²) < 4.78 is 54.2. The number of hydrogen-bond acceptors (Lipinski definition) is 4. The maximum absolute atomic E-state index is 13.9. The molecule has 4 rings (SSSR count). The molecule has 0 spiro atoms. The van der Waals surface area contributed by atoms with Crippen LogP contribution in [0.25, 0.3) is 11.1 Å². The number of halogens is 2. The molecule has 1 amide bonds. The Morgan fingerprint density at radius 1 is 1.00 bits per heavy atom. The van der Waals surface area contributed by atoms with Gasteiger partial charge in [-0.2, -0.15) is 0 Å². The standard InChI is InChI=1S/C25H22F2N2O5S/c1-14(2)23(25(31)32)29-13-17-4-3-16(11-20(17)24(29)30)15-5-8-19(9-6-15)28-35(33,34)22-10-7-18(26)12-21(22)27/h3-12,14,23,28H,13H2,1-2H3,(H,31,32)/t23-/m0/s1. The Kier molecular flexibility index (Phi) is 6.33. The average Bonchev–Trinajstić information content (AvgIpc) is 3.08. The lowest BCUT2D eigenvalue weighted by atomic mass is 10.0. The Balaban J connectivity index is 1.56. The molecular formula is C25H22F2N2O5S. The molecule has 0 aromatic heterocycles. The van der Waals surface area contributed by atoms with E-state index in [9.17, 15) is 31.9 Å². The maximum atomic E-state index is 13.9. The van der Waals surface area contributed by atoms with E-state index in [1.807, 2.05) is 0 Å². The molecule has 10 heteroatoms. The average molecular weight is 501 g/mol. The zero-order valence-corrected chi connectivity index (χ0v) is 19.6. The summed E-state index contributed by atoms with van der Waals surface area (Å²) in [6.45, 7) is 3.71. The molecule has 2 N–H and O–H groups in total. The second-order valence-corrected chi connectivity index (χ2v) is 10.2. The predicted octanol–water partition coefficient (Wildman–Crippen LogP) is 4.50. The highest BCUT2D eigenvalue weighted by atomic mass is 32.2. The fourth-order valence-electron chi connectivity index (χ4n) is 4.14. The Hall–Kier alpha value is -3.79. The molecule has 182 valence electrons. The first-order valence-corrected chi connectivity index (χ1v) is 12.2. The largest absolute Gasteiger partial charge is 0.480 e. The van der Waals surface area contributed by atoms with E-state index in [2.05, 4.69) is 4.72 Å². The van der Waals surface area contributed by atoms with Gasteiger partial charge < -0.3 is 10.0 Å². The number of sulfonamides is 1. The van der Waals surface area contributed by atoms with Gasteiger partial charge in [-0.05, 0) is 52.9 Å². The summed E-state index contributed by atoms with van der Waals surface area (Å²) in [5.41, 5.74) is 2.70. The van der Waals surface area contributed by atoms with Gasteiger partial charge >= 0.3 is 5.97 Å². The van der Waals surface area contributed by atoms with Gasteiger partial charge in [0.05, 0.1) is 0 Å². The lowest BCUT2D eigenvalue weighted by molar-refractivity contribution is -0.144. The molecule has 0 bridgehead atoms. The van der Waals surface area contributed by atoms with Crippen LogP contribution in [0.15, 0.2) is 65.6 Å². The van der Waals surface area contributed by atoms with E-state index in [-0.39, 0.29) is 24.1 Å². The Morgan fingerprint density at radius 3 is 2.26 bits per heavy atom. The van der Waals surface area contributed by atoms with E-state index in [0.29, 0.717) is 22.8 Å². The Bertz CT molecular complexity index is 1420. The summed E-state index contributed by atoms with van der Waals surface area (Å²) in [6, 6.07) is 12.7. The van der Waals surface area contributed by atoms with Crippen molar-refractivity contribution in [3.63, 3.8) is 0 Å². The highest BCUT2D eigenvalue weighted by Crippen LogP contribution is 2.32. The van der Waals surface area contributed by atoms with Gasteiger partial charge in [-0.1, -0.05) is 38.1 Å². The van der Waals surface area contributed by atoms with E-state index in [4.69, 9.17) is 0 Å². The molecule has 3 aromatic rings. The van der Waals surface area contributed by atoms with Crippen LogP contribution in [-0.2, 0) is 21.4 Å². The van der Waals surface area contributed by atoms with Crippen LogP contribution in [0.2, 0.25) is 0 Å². The fraction of sp³-hybridized carbons (Fsp3) is 0.200. The van der Waals surface area contributed by atoms with Crippen LogP contribution < -0.4 is 4.72 Å². The Morgan fingerprint density at radius 2 is 1.66 bits per heavy atom. The van der Waals surface area contributed by atoms with Crippen molar-refractivity contribution in [2.75, 3.05) is 4.72 Å². The van der Waals surface area contributed by atoms with E-state index < -0.39 is 38.6 Å².